The van der Waals surface area contributed by atoms with Crippen LogP contribution in [0, 0.1) is 5.82 Å². The van der Waals surface area contributed by atoms with Crippen LogP contribution >= 0.6 is 11.3 Å². The van der Waals surface area contributed by atoms with E-state index in [1.165, 1.54) is 18.2 Å². The number of thiophene rings is 1. The molecule has 2 aromatic carbocycles. The van der Waals surface area contributed by atoms with E-state index < -0.39 is 18.1 Å². The molecule has 2 N–H and O–H groups in total. The van der Waals surface area contributed by atoms with Crippen LogP contribution in [0.4, 0.5) is 8.78 Å². The fourth-order valence-corrected chi connectivity index (χ4v) is 3.17. The molecule has 0 aliphatic rings. The molecule has 0 saturated carbocycles. The van der Waals surface area contributed by atoms with E-state index in [-0.39, 0.29) is 6.54 Å². The van der Waals surface area contributed by atoms with Gasteiger partial charge in [-0.25, -0.2) is 8.78 Å². The van der Waals surface area contributed by atoms with E-state index in [4.69, 9.17) is 10.5 Å². The second-order valence-corrected chi connectivity index (χ2v) is 5.88. The predicted octanol–water partition coefficient (Wildman–Crippen LogP) is 4.46. The molecule has 0 radical (unpaired) electrons. The molecule has 5 heteroatoms. The Bertz CT molecular complexity index is 774. The molecule has 3 aromatic rings. The lowest BCUT2D eigenvalue weighted by Gasteiger charge is -2.23. The molecule has 2 unspecified atom stereocenters. The average molecular weight is 319 g/mol. The third kappa shape index (κ3) is 2.96. The summed E-state index contributed by atoms with van der Waals surface area (Å²) < 4.78 is 34.6. The lowest BCUT2D eigenvalue weighted by atomic mass is 10.0. The predicted molar refractivity (Wildman–Crippen MR) is 85.5 cm³/mol. The molecule has 2 atom stereocenters. The van der Waals surface area contributed by atoms with Gasteiger partial charge < -0.3 is 10.5 Å². The summed E-state index contributed by atoms with van der Waals surface area (Å²) >= 11 is 1.58. The Labute approximate surface area is 131 Å². The SMILES string of the molecule is NCC(F)C(Oc1cccc2sccc12)c1cccc(F)c1. The monoisotopic (exact) mass is 319 g/mol. The van der Waals surface area contributed by atoms with Crippen LogP contribution in [0.3, 0.4) is 0 Å². The Morgan fingerprint density at radius 1 is 1.14 bits per heavy atom. The molecule has 114 valence electrons. The molecule has 0 spiro atoms. The zero-order chi connectivity index (χ0) is 15.5. The maximum atomic E-state index is 14.3. The molecule has 0 fully saturated rings. The van der Waals surface area contributed by atoms with Crippen LogP contribution in [-0.2, 0) is 0 Å². The zero-order valence-electron chi connectivity index (χ0n) is 11.7. The van der Waals surface area contributed by atoms with Crippen molar-refractivity contribution in [3.8, 4) is 5.75 Å². The van der Waals surface area contributed by atoms with E-state index in [2.05, 4.69) is 0 Å². The van der Waals surface area contributed by atoms with Crippen LogP contribution in [0.1, 0.15) is 11.7 Å². The van der Waals surface area contributed by atoms with E-state index >= 15 is 0 Å². The fourth-order valence-electron chi connectivity index (χ4n) is 2.36. The lowest BCUT2D eigenvalue weighted by Crippen LogP contribution is -2.27. The highest BCUT2D eigenvalue weighted by Crippen LogP contribution is 2.34. The smallest absolute Gasteiger partial charge is 0.156 e. The Morgan fingerprint density at radius 3 is 2.73 bits per heavy atom. The molecule has 2 nitrogen and oxygen atoms in total. The van der Waals surface area contributed by atoms with Crippen molar-refractivity contribution in [2.24, 2.45) is 5.73 Å². The van der Waals surface area contributed by atoms with E-state index in [9.17, 15) is 8.78 Å². The van der Waals surface area contributed by atoms with Crippen LogP contribution in [0.25, 0.3) is 10.1 Å². The van der Waals surface area contributed by atoms with Crippen LogP contribution in [-0.4, -0.2) is 12.7 Å². The molecular weight excluding hydrogens is 304 g/mol. The highest BCUT2D eigenvalue weighted by molar-refractivity contribution is 7.17. The van der Waals surface area contributed by atoms with Crippen molar-refractivity contribution >= 4 is 21.4 Å². The minimum Gasteiger partial charge on any atom is -0.482 e. The van der Waals surface area contributed by atoms with Crippen LogP contribution < -0.4 is 10.5 Å². The second kappa shape index (κ2) is 6.42. The summed E-state index contributed by atoms with van der Waals surface area (Å²) in [5, 5.41) is 2.86. The molecular formula is C17H15F2NOS. The Balaban J connectivity index is 1.98. The molecule has 0 amide bonds. The molecule has 0 aliphatic heterocycles. The Hall–Kier alpha value is -1.98. The quantitative estimate of drug-likeness (QED) is 0.753. The van der Waals surface area contributed by atoms with Crippen LogP contribution in [0.15, 0.2) is 53.9 Å². The topological polar surface area (TPSA) is 35.2 Å². The first-order valence-corrected chi connectivity index (χ1v) is 7.79. The molecule has 3 rings (SSSR count). The van der Waals surface area contributed by atoms with Crippen LogP contribution in [0.5, 0.6) is 5.75 Å². The van der Waals surface area contributed by atoms with E-state index in [0.29, 0.717) is 11.3 Å². The third-order valence-electron chi connectivity index (χ3n) is 3.44. The van der Waals surface area contributed by atoms with Gasteiger partial charge in [0.25, 0.3) is 0 Å². The summed E-state index contributed by atoms with van der Waals surface area (Å²) in [5.74, 6) is 0.146. The van der Waals surface area contributed by atoms with Gasteiger partial charge in [-0.2, -0.15) is 0 Å². The summed E-state index contributed by atoms with van der Waals surface area (Å²) in [6, 6.07) is 13.3. The Kier molecular flexibility index (Phi) is 4.36. The summed E-state index contributed by atoms with van der Waals surface area (Å²) in [5.41, 5.74) is 5.88. The van der Waals surface area contributed by atoms with Crippen molar-refractivity contribution in [3.05, 3.63) is 65.3 Å². The number of benzene rings is 2. The highest BCUT2D eigenvalue weighted by Gasteiger charge is 2.25. The van der Waals surface area contributed by atoms with Gasteiger partial charge in [0.05, 0.1) is 0 Å². The summed E-state index contributed by atoms with van der Waals surface area (Å²) in [4.78, 5) is 0. The van der Waals surface area contributed by atoms with Gasteiger partial charge in [-0.3, -0.25) is 0 Å². The third-order valence-corrected chi connectivity index (χ3v) is 4.32. The van der Waals surface area contributed by atoms with Gasteiger partial charge in [0.2, 0.25) is 0 Å². The fraction of sp³-hybridized carbons (Fsp3) is 0.176. The molecule has 0 bridgehead atoms. The van der Waals surface area contributed by atoms with Gasteiger partial charge in [0.1, 0.15) is 11.6 Å². The number of halogens is 2. The lowest BCUT2D eigenvalue weighted by molar-refractivity contribution is 0.106. The molecule has 22 heavy (non-hydrogen) atoms. The minimum absolute atomic E-state index is 0.194. The van der Waals surface area contributed by atoms with Crippen molar-refractivity contribution in [1.29, 1.82) is 0 Å². The number of fused-ring (bicyclic) bond motifs is 1. The number of hydrogen-bond acceptors (Lipinski definition) is 3. The van der Waals surface area contributed by atoms with Gasteiger partial charge in [-0.15, -0.1) is 11.3 Å². The first-order valence-electron chi connectivity index (χ1n) is 6.91. The maximum absolute atomic E-state index is 14.3. The number of rotatable bonds is 5. The van der Waals surface area contributed by atoms with Crippen molar-refractivity contribution in [3.63, 3.8) is 0 Å². The first kappa shape index (κ1) is 14.9. The van der Waals surface area contributed by atoms with Crippen molar-refractivity contribution in [2.75, 3.05) is 6.54 Å². The van der Waals surface area contributed by atoms with Gasteiger partial charge in [-0.05, 0) is 41.3 Å². The number of nitrogens with two attached hydrogens (primary N) is 1. The number of alkyl halides is 1. The van der Waals surface area contributed by atoms with E-state index in [1.807, 2.05) is 23.6 Å². The average Bonchev–Trinajstić information content (AvgIpc) is 3.01. The van der Waals surface area contributed by atoms with E-state index in [0.717, 1.165) is 10.1 Å². The standard InChI is InChI=1S/C17H15F2NOS/c18-12-4-1-3-11(9-12)17(14(19)10-20)21-15-5-2-6-16-13(15)7-8-22-16/h1-9,14,17H,10,20H2. The maximum Gasteiger partial charge on any atom is 0.156 e. The molecule has 0 aliphatic carbocycles. The summed E-state index contributed by atoms with van der Waals surface area (Å²) in [6.45, 7) is -0.194. The van der Waals surface area contributed by atoms with E-state index in [1.54, 1.807) is 23.5 Å². The summed E-state index contributed by atoms with van der Waals surface area (Å²) in [7, 11) is 0. The van der Waals surface area contributed by atoms with Crippen molar-refractivity contribution in [2.45, 2.75) is 12.3 Å². The first-order chi connectivity index (χ1) is 10.7. The Morgan fingerprint density at radius 2 is 1.95 bits per heavy atom. The van der Waals surface area contributed by atoms with Gasteiger partial charge in [-0.1, -0.05) is 18.2 Å². The van der Waals surface area contributed by atoms with Crippen molar-refractivity contribution < 1.29 is 13.5 Å². The molecule has 1 aromatic heterocycles. The second-order valence-electron chi connectivity index (χ2n) is 4.93. The number of ether oxygens (including phenoxy) is 1. The molecule has 1 heterocycles. The van der Waals surface area contributed by atoms with Crippen molar-refractivity contribution in [1.82, 2.24) is 0 Å². The van der Waals surface area contributed by atoms with Gasteiger partial charge in [0.15, 0.2) is 12.3 Å². The van der Waals surface area contributed by atoms with Crippen LogP contribution in [0.2, 0.25) is 0 Å². The highest BCUT2D eigenvalue weighted by atomic mass is 32.1. The normalized spacial score (nSPS) is 14.0. The van der Waals surface area contributed by atoms with Gasteiger partial charge in [0, 0.05) is 16.6 Å². The van der Waals surface area contributed by atoms with Gasteiger partial charge >= 0.3 is 0 Å². The number of hydrogen-bond donors (Lipinski definition) is 1. The summed E-state index contributed by atoms with van der Waals surface area (Å²) in [6.07, 6.45) is -2.36. The largest absolute Gasteiger partial charge is 0.482 e. The molecule has 0 saturated heterocycles. The zero-order valence-corrected chi connectivity index (χ0v) is 12.5. The minimum atomic E-state index is -1.42.